The van der Waals surface area contributed by atoms with Crippen LogP contribution in [0, 0.1) is 5.92 Å². The van der Waals surface area contributed by atoms with Crippen molar-refractivity contribution >= 4 is 5.97 Å². The van der Waals surface area contributed by atoms with Crippen molar-refractivity contribution in [3.05, 3.63) is 12.2 Å². The average Bonchev–Trinajstić information content (AvgIpc) is 2.16. The van der Waals surface area contributed by atoms with Crippen LogP contribution in [0.2, 0.25) is 0 Å². The van der Waals surface area contributed by atoms with Gasteiger partial charge in [0, 0.05) is 12.8 Å². The van der Waals surface area contributed by atoms with Crippen molar-refractivity contribution in [3.8, 4) is 0 Å². The maximum absolute atomic E-state index is 11.0. The molecule has 0 bridgehead atoms. The van der Waals surface area contributed by atoms with Crippen LogP contribution in [0.25, 0.3) is 0 Å². The molecule has 1 rings (SSSR count). The zero-order chi connectivity index (χ0) is 12.4. The SMILES string of the molecule is CC(=O)OC(C)(C)[C@H]1C=C[C@@](C)(OO)CC1. The lowest BCUT2D eigenvalue weighted by atomic mass is 9.78. The topological polar surface area (TPSA) is 55.8 Å². The molecular weight excluding hydrogens is 208 g/mol. The number of hydrogen-bond acceptors (Lipinski definition) is 4. The van der Waals surface area contributed by atoms with Crippen LogP contribution in [0.3, 0.4) is 0 Å². The molecule has 92 valence electrons. The maximum atomic E-state index is 11.0. The number of esters is 1. The zero-order valence-corrected chi connectivity index (χ0v) is 10.3. The molecule has 0 heterocycles. The standard InChI is InChI=1S/C12H20O4/c1-9(13)15-11(2,3)10-5-7-12(4,16-14)8-6-10/h5,7,10,14H,6,8H2,1-4H3/t10-,12+/m0/s1. The molecule has 0 unspecified atom stereocenters. The van der Waals surface area contributed by atoms with Crippen molar-refractivity contribution in [2.75, 3.05) is 0 Å². The van der Waals surface area contributed by atoms with Gasteiger partial charge >= 0.3 is 5.97 Å². The summed E-state index contributed by atoms with van der Waals surface area (Å²) in [5.41, 5.74) is -1.12. The van der Waals surface area contributed by atoms with Gasteiger partial charge in [-0.3, -0.25) is 10.1 Å². The molecule has 16 heavy (non-hydrogen) atoms. The molecule has 1 aliphatic rings. The van der Waals surface area contributed by atoms with Crippen LogP contribution in [-0.2, 0) is 14.4 Å². The molecule has 1 N–H and O–H groups in total. The fraction of sp³-hybridized carbons (Fsp3) is 0.750. The van der Waals surface area contributed by atoms with Crippen molar-refractivity contribution in [2.45, 2.75) is 51.7 Å². The van der Waals surface area contributed by atoms with E-state index in [-0.39, 0.29) is 11.9 Å². The maximum Gasteiger partial charge on any atom is 0.303 e. The van der Waals surface area contributed by atoms with Crippen molar-refractivity contribution in [3.63, 3.8) is 0 Å². The number of hydrogen-bond donors (Lipinski definition) is 1. The molecule has 0 amide bonds. The highest BCUT2D eigenvalue weighted by atomic mass is 17.1. The Morgan fingerprint density at radius 3 is 2.56 bits per heavy atom. The molecule has 0 fully saturated rings. The fourth-order valence-electron chi connectivity index (χ4n) is 2.04. The Hall–Kier alpha value is -0.870. The van der Waals surface area contributed by atoms with E-state index in [1.807, 2.05) is 32.9 Å². The van der Waals surface area contributed by atoms with Crippen LogP contribution >= 0.6 is 0 Å². The lowest BCUT2D eigenvalue weighted by Gasteiger charge is -2.37. The Balaban J connectivity index is 2.71. The predicted molar refractivity (Wildman–Crippen MR) is 59.8 cm³/mol. The summed E-state index contributed by atoms with van der Waals surface area (Å²) in [6.45, 7) is 7.02. The minimum atomic E-state index is -0.608. The van der Waals surface area contributed by atoms with E-state index in [4.69, 9.17) is 9.99 Å². The first-order valence-corrected chi connectivity index (χ1v) is 5.50. The smallest absolute Gasteiger partial charge is 0.303 e. The summed E-state index contributed by atoms with van der Waals surface area (Å²) in [4.78, 5) is 15.4. The summed E-state index contributed by atoms with van der Waals surface area (Å²) in [5, 5.41) is 8.75. The predicted octanol–water partition coefficient (Wildman–Crippen LogP) is 2.54. The second-order valence-electron chi connectivity index (χ2n) is 5.11. The van der Waals surface area contributed by atoms with Crippen LogP contribution in [0.1, 0.15) is 40.5 Å². The van der Waals surface area contributed by atoms with Crippen molar-refractivity contribution < 1.29 is 19.7 Å². The summed E-state index contributed by atoms with van der Waals surface area (Å²) < 4.78 is 5.29. The van der Waals surface area contributed by atoms with Gasteiger partial charge in [0.1, 0.15) is 11.2 Å². The van der Waals surface area contributed by atoms with Crippen molar-refractivity contribution in [2.24, 2.45) is 5.92 Å². The van der Waals surface area contributed by atoms with Crippen LogP contribution < -0.4 is 0 Å². The molecule has 4 nitrogen and oxygen atoms in total. The molecule has 0 aliphatic heterocycles. The number of carbonyl (C=O) groups is 1. The summed E-state index contributed by atoms with van der Waals surface area (Å²) in [6.07, 6.45) is 5.29. The third-order valence-electron chi connectivity index (χ3n) is 3.14. The second-order valence-corrected chi connectivity index (χ2v) is 5.11. The second kappa shape index (κ2) is 4.55. The Morgan fingerprint density at radius 1 is 1.56 bits per heavy atom. The molecule has 2 atom stereocenters. The Labute approximate surface area is 96.2 Å². The Morgan fingerprint density at radius 2 is 2.19 bits per heavy atom. The van der Waals surface area contributed by atoms with Gasteiger partial charge in [-0.1, -0.05) is 12.2 Å². The van der Waals surface area contributed by atoms with E-state index in [2.05, 4.69) is 4.89 Å². The molecule has 0 aromatic rings. The van der Waals surface area contributed by atoms with E-state index in [1.165, 1.54) is 6.92 Å². The van der Waals surface area contributed by atoms with Gasteiger partial charge in [-0.25, -0.2) is 4.89 Å². The molecular formula is C12H20O4. The van der Waals surface area contributed by atoms with Crippen LogP contribution in [0.15, 0.2) is 12.2 Å². The van der Waals surface area contributed by atoms with Gasteiger partial charge in [-0.2, -0.15) is 0 Å². The highest BCUT2D eigenvalue weighted by molar-refractivity contribution is 5.66. The Kier molecular flexibility index (Phi) is 3.76. The normalized spacial score (nSPS) is 30.2. The van der Waals surface area contributed by atoms with Gasteiger partial charge in [-0.05, 0) is 33.6 Å². The summed E-state index contributed by atoms with van der Waals surface area (Å²) >= 11 is 0. The van der Waals surface area contributed by atoms with Crippen LogP contribution in [0.4, 0.5) is 0 Å². The van der Waals surface area contributed by atoms with E-state index in [9.17, 15) is 4.79 Å². The average molecular weight is 228 g/mol. The lowest BCUT2D eigenvalue weighted by molar-refractivity contribution is -0.306. The quantitative estimate of drug-likeness (QED) is 0.349. The molecule has 0 aromatic heterocycles. The third-order valence-corrected chi connectivity index (χ3v) is 3.14. The molecule has 0 radical (unpaired) electrons. The monoisotopic (exact) mass is 228 g/mol. The van der Waals surface area contributed by atoms with Gasteiger partial charge < -0.3 is 4.74 Å². The number of rotatable bonds is 3. The number of carbonyl (C=O) groups excluding carboxylic acids is 1. The molecule has 0 spiro atoms. The fourth-order valence-corrected chi connectivity index (χ4v) is 2.04. The highest BCUT2D eigenvalue weighted by Crippen LogP contribution is 2.35. The summed E-state index contributed by atoms with van der Waals surface area (Å²) in [7, 11) is 0. The van der Waals surface area contributed by atoms with Gasteiger partial charge in [0.05, 0.1) is 0 Å². The first kappa shape index (κ1) is 13.2. The van der Waals surface area contributed by atoms with Gasteiger partial charge in [0.25, 0.3) is 0 Å². The van der Waals surface area contributed by atoms with Gasteiger partial charge in [0.2, 0.25) is 0 Å². The van der Waals surface area contributed by atoms with Gasteiger partial charge in [-0.15, -0.1) is 0 Å². The van der Waals surface area contributed by atoms with E-state index < -0.39 is 11.2 Å². The van der Waals surface area contributed by atoms with Crippen molar-refractivity contribution in [1.29, 1.82) is 0 Å². The molecule has 4 heteroatoms. The molecule has 1 aliphatic carbocycles. The minimum Gasteiger partial charge on any atom is -0.459 e. The highest BCUT2D eigenvalue weighted by Gasteiger charge is 2.36. The first-order valence-electron chi connectivity index (χ1n) is 5.50. The third kappa shape index (κ3) is 3.06. The van der Waals surface area contributed by atoms with Crippen molar-refractivity contribution in [1.82, 2.24) is 0 Å². The summed E-state index contributed by atoms with van der Waals surface area (Å²) in [6, 6.07) is 0. The lowest BCUT2D eigenvalue weighted by Crippen LogP contribution is -2.39. The Bertz CT molecular complexity index is 295. The van der Waals surface area contributed by atoms with Crippen LogP contribution in [0.5, 0.6) is 0 Å². The van der Waals surface area contributed by atoms with Gasteiger partial charge in [0.15, 0.2) is 0 Å². The van der Waals surface area contributed by atoms with E-state index in [1.54, 1.807) is 0 Å². The van der Waals surface area contributed by atoms with E-state index in [0.717, 1.165) is 6.42 Å². The zero-order valence-electron chi connectivity index (χ0n) is 10.3. The largest absolute Gasteiger partial charge is 0.459 e. The molecule has 0 saturated heterocycles. The number of ether oxygens (including phenoxy) is 1. The summed E-state index contributed by atoms with van der Waals surface area (Å²) in [5.74, 6) is -0.121. The minimum absolute atomic E-state index is 0.152. The molecule has 0 saturated carbocycles. The van der Waals surface area contributed by atoms with E-state index in [0.29, 0.717) is 6.42 Å². The van der Waals surface area contributed by atoms with Crippen LogP contribution in [-0.4, -0.2) is 22.4 Å². The molecule has 0 aromatic carbocycles. The van der Waals surface area contributed by atoms with E-state index >= 15 is 0 Å². The first-order chi connectivity index (χ1) is 7.29.